The van der Waals surface area contributed by atoms with Crippen LogP contribution in [0.1, 0.15) is 6.42 Å². The number of hydrogen-bond acceptors (Lipinski definition) is 1. The minimum absolute atomic E-state index is 0.0348. The molecule has 2 heteroatoms. The van der Waals surface area contributed by atoms with Crippen LogP contribution in [0.4, 0.5) is 0 Å². The molecule has 52 valence electrons. The molecule has 0 unspecified atom stereocenters. The predicted octanol–water partition coefficient (Wildman–Crippen LogP) is 1.50. The Kier molecular flexibility index (Phi) is 2.25. The Morgan fingerprint density at radius 3 is 2.90 bits per heavy atom. The van der Waals surface area contributed by atoms with Crippen LogP contribution < -0.4 is 0 Å². The van der Waals surface area contributed by atoms with E-state index >= 15 is 0 Å². The van der Waals surface area contributed by atoms with E-state index in [1.54, 1.807) is 6.08 Å². The summed E-state index contributed by atoms with van der Waals surface area (Å²) >= 11 is 2.90. The van der Waals surface area contributed by atoms with Gasteiger partial charge in [0.1, 0.15) is 0 Å². The number of rotatable bonds is 2. The molecule has 0 amide bonds. The summed E-state index contributed by atoms with van der Waals surface area (Å²) in [5.74, 6) is 0. The summed E-state index contributed by atoms with van der Waals surface area (Å²) in [6.07, 6.45) is 6.27. The van der Waals surface area contributed by atoms with E-state index in [1.165, 1.54) is 0 Å². The van der Waals surface area contributed by atoms with Gasteiger partial charge < -0.3 is 0 Å². The predicted molar refractivity (Wildman–Crippen MR) is 36.0 cm³/mol. The molecule has 0 aromatic rings. The van der Waals surface area contributed by atoms with Crippen LogP contribution in [0.3, 0.4) is 0 Å². The summed E-state index contributed by atoms with van der Waals surface area (Å²) in [6.45, 7) is 3.59. The Balaban J connectivity index is 2.95. The van der Waals surface area contributed by atoms with E-state index in [4.69, 9.17) is 0 Å². The number of carbonyl (C=O) groups excluding carboxylic acids is 1. The first kappa shape index (κ1) is 7.52. The van der Waals surface area contributed by atoms with Crippen molar-refractivity contribution in [3.05, 3.63) is 36.0 Å². The van der Waals surface area contributed by atoms with Crippen molar-refractivity contribution < 1.29 is 20.8 Å². The number of carbonyl (C=O) groups is 1. The van der Waals surface area contributed by atoms with E-state index in [1.807, 2.05) is 12.2 Å². The standard InChI is InChI=1S/C8H7O.Mn/c1-2-7-4-3-5-8(7)6-9;/h2-4H,1,5H2;. The monoisotopic (exact) mass is 174 g/mol. The molecule has 0 saturated heterocycles. The maximum atomic E-state index is 10.8. The Bertz CT molecular complexity index is 236. The molecule has 0 aliphatic heterocycles. The molecule has 0 aromatic heterocycles. The van der Waals surface area contributed by atoms with Crippen LogP contribution in [-0.4, -0.2) is 4.68 Å². The van der Waals surface area contributed by atoms with Gasteiger partial charge in [-0.2, -0.15) is 0 Å². The summed E-state index contributed by atoms with van der Waals surface area (Å²) in [7, 11) is 0. The van der Waals surface area contributed by atoms with Gasteiger partial charge in [0.25, 0.3) is 0 Å². The summed E-state index contributed by atoms with van der Waals surface area (Å²) in [5, 5.41) is 0. The fourth-order valence-corrected chi connectivity index (χ4v) is 1.20. The average Bonchev–Trinajstić information content (AvgIpc) is 2.33. The van der Waals surface area contributed by atoms with Gasteiger partial charge in [0.05, 0.1) is 0 Å². The van der Waals surface area contributed by atoms with E-state index < -0.39 is 0 Å². The summed E-state index contributed by atoms with van der Waals surface area (Å²) in [6, 6.07) is 0. The molecule has 1 rings (SSSR count). The summed E-state index contributed by atoms with van der Waals surface area (Å²) in [5.41, 5.74) is 1.73. The van der Waals surface area contributed by atoms with E-state index in [2.05, 4.69) is 22.6 Å². The van der Waals surface area contributed by atoms with Crippen molar-refractivity contribution in [3.63, 3.8) is 0 Å². The summed E-state index contributed by atoms with van der Waals surface area (Å²) < 4.78 is -0.0348. The molecule has 1 nitrogen and oxygen atoms in total. The normalized spacial score (nSPS) is 16.1. The van der Waals surface area contributed by atoms with E-state index in [9.17, 15) is 4.79 Å². The van der Waals surface area contributed by atoms with Gasteiger partial charge in [-0.05, 0) is 0 Å². The molecule has 0 spiro atoms. The molecule has 0 N–H and O–H groups in total. The van der Waals surface area contributed by atoms with Crippen LogP contribution in [0.25, 0.3) is 0 Å². The van der Waals surface area contributed by atoms with Crippen molar-refractivity contribution in [2.45, 2.75) is 6.42 Å². The van der Waals surface area contributed by atoms with Crippen LogP contribution in [-0.2, 0) is 20.8 Å². The Hall–Kier alpha value is -0.591. The third-order valence-electron chi connectivity index (χ3n) is 1.43. The fraction of sp³-hybridized carbons (Fsp3) is 0.125. The SMILES string of the molecule is C=CC1=C([C](=O)[Mn])CC=C1. The first-order valence-electron chi connectivity index (χ1n) is 2.97. The average molecular weight is 174 g/mol. The maximum absolute atomic E-state index is 10.8. The zero-order chi connectivity index (χ0) is 7.56. The fourth-order valence-electron chi connectivity index (χ4n) is 0.907. The second-order valence-electron chi connectivity index (χ2n) is 2.02. The minimum atomic E-state index is -0.0348. The molecular weight excluding hydrogens is 167 g/mol. The van der Waals surface area contributed by atoms with Gasteiger partial charge in [0.15, 0.2) is 0 Å². The first-order valence-corrected chi connectivity index (χ1v) is 3.56. The zero-order valence-corrected chi connectivity index (χ0v) is 6.61. The molecule has 0 heterocycles. The van der Waals surface area contributed by atoms with Gasteiger partial charge in [-0.15, -0.1) is 0 Å². The quantitative estimate of drug-likeness (QED) is 0.580. The van der Waals surface area contributed by atoms with Gasteiger partial charge in [0, 0.05) is 0 Å². The van der Waals surface area contributed by atoms with E-state index in [-0.39, 0.29) is 4.68 Å². The van der Waals surface area contributed by atoms with E-state index in [0.717, 1.165) is 17.6 Å². The van der Waals surface area contributed by atoms with Crippen LogP contribution >= 0.6 is 0 Å². The molecule has 1 aliphatic carbocycles. The van der Waals surface area contributed by atoms with Crippen molar-refractivity contribution in [2.75, 3.05) is 0 Å². The number of allylic oxidation sites excluding steroid dienone is 5. The van der Waals surface area contributed by atoms with E-state index in [0.29, 0.717) is 0 Å². The van der Waals surface area contributed by atoms with Crippen molar-refractivity contribution in [2.24, 2.45) is 0 Å². The second kappa shape index (κ2) is 3.00. The second-order valence-corrected chi connectivity index (χ2v) is 2.55. The zero-order valence-electron chi connectivity index (χ0n) is 5.43. The Morgan fingerprint density at radius 1 is 1.80 bits per heavy atom. The van der Waals surface area contributed by atoms with Crippen molar-refractivity contribution in [3.8, 4) is 0 Å². The molecule has 10 heavy (non-hydrogen) atoms. The van der Waals surface area contributed by atoms with Crippen molar-refractivity contribution >= 4 is 4.68 Å². The van der Waals surface area contributed by atoms with Crippen LogP contribution in [0.5, 0.6) is 0 Å². The Morgan fingerprint density at radius 2 is 2.50 bits per heavy atom. The first-order chi connectivity index (χ1) is 4.75. The molecule has 0 bridgehead atoms. The van der Waals surface area contributed by atoms with Gasteiger partial charge in [-0.1, -0.05) is 0 Å². The molecule has 0 saturated carbocycles. The van der Waals surface area contributed by atoms with Crippen LogP contribution in [0.2, 0.25) is 0 Å². The van der Waals surface area contributed by atoms with Crippen LogP contribution in [0.15, 0.2) is 36.0 Å². The van der Waals surface area contributed by atoms with Crippen molar-refractivity contribution in [1.29, 1.82) is 0 Å². The molecule has 0 fully saturated rings. The summed E-state index contributed by atoms with van der Waals surface area (Å²) in [4.78, 5) is 10.8. The number of hydrogen-bond donors (Lipinski definition) is 0. The van der Waals surface area contributed by atoms with Crippen LogP contribution in [0, 0.1) is 0 Å². The van der Waals surface area contributed by atoms with Crippen molar-refractivity contribution in [1.82, 2.24) is 0 Å². The van der Waals surface area contributed by atoms with Gasteiger partial charge in [-0.3, -0.25) is 0 Å². The molecule has 0 radical (unpaired) electrons. The molecule has 0 aromatic carbocycles. The third kappa shape index (κ3) is 1.28. The molecular formula is C8H7MnO. The molecule has 0 atom stereocenters. The molecule has 1 aliphatic rings. The van der Waals surface area contributed by atoms with Gasteiger partial charge >= 0.3 is 67.9 Å². The van der Waals surface area contributed by atoms with Gasteiger partial charge in [0.2, 0.25) is 0 Å². The van der Waals surface area contributed by atoms with Gasteiger partial charge in [-0.25, -0.2) is 0 Å². The topological polar surface area (TPSA) is 17.1 Å². The third-order valence-corrected chi connectivity index (χ3v) is 1.78. The Labute approximate surface area is 68.3 Å².